The van der Waals surface area contributed by atoms with Gasteiger partial charge < -0.3 is 30.9 Å². The van der Waals surface area contributed by atoms with E-state index in [9.17, 15) is 5.11 Å². The first kappa shape index (κ1) is 23.2. The molecule has 1 heterocycles. The standard InChI is InChI=1S/C25H37N3O3/c1-3-7-22-24(14-23(26)18(2)25(22)27)31-17-20(29)15-28-12-10-19(11-13-28)16-30-21-8-5-4-6-9-21/h4-6,8-9,14,19-20,29H,3,7,10-13,15-17,26-27H2,1-2H3. The number of hydrogen-bond donors (Lipinski definition) is 3. The number of β-amino-alcohol motifs (C(OH)–C–C–N with tert-alkyl or cyclic N) is 1. The van der Waals surface area contributed by atoms with Crippen LogP contribution in [0.5, 0.6) is 11.5 Å². The van der Waals surface area contributed by atoms with Crippen molar-refractivity contribution >= 4 is 11.4 Å². The minimum absolute atomic E-state index is 0.232. The molecule has 0 saturated carbocycles. The van der Waals surface area contributed by atoms with E-state index < -0.39 is 6.10 Å². The Morgan fingerprint density at radius 1 is 1.13 bits per heavy atom. The molecule has 0 aliphatic carbocycles. The first-order valence-corrected chi connectivity index (χ1v) is 11.4. The molecule has 0 spiro atoms. The number of aliphatic hydroxyl groups excluding tert-OH is 1. The molecule has 3 rings (SSSR count). The average Bonchev–Trinajstić information content (AvgIpc) is 2.78. The number of piperidine rings is 1. The molecule has 2 aromatic rings. The lowest BCUT2D eigenvalue weighted by molar-refractivity contribution is 0.0501. The van der Waals surface area contributed by atoms with Crippen molar-refractivity contribution in [1.82, 2.24) is 4.90 Å². The Kier molecular flexibility index (Phi) is 8.43. The van der Waals surface area contributed by atoms with E-state index in [1.807, 2.05) is 43.3 Å². The fourth-order valence-corrected chi connectivity index (χ4v) is 4.09. The summed E-state index contributed by atoms with van der Waals surface area (Å²) in [5, 5.41) is 10.5. The number of anilines is 2. The van der Waals surface area contributed by atoms with Crippen LogP contribution in [0, 0.1) is 12.8 Å². The van der Waals surface area contributed by atoms with Crippen molar-refractivity contribution in [2.75, 3.05) is 44.3 Å². The highest BCUT2D eigenvalue weighted by Gasteiger charge is 2.22. The second-order valence-electron chi connectivity index (χ2n) is 8.56. The number of ether oxygens (including phenoxy) is 2. The van der Waals surface area contributed by atoms with Gasteiger partial charge in [-0.15, -0.1) is 0 Å². The topological polar surface area (TPSA) is 94.0 Å². The Labute approximate surface area is 186 Å². The summed E-state index contributed by atoms with van der Waals surface area (Å²) in [7, 11) is 0. The molecule has 6 heteroatoms. The third-order valence-corrected chi connectivity index (χ3v) is 6.08. The predicted octanol–water partition coefficient (Wildman–Crippen LogP) is 3.64. The smallest absolute Gasteiger partial charge is 0.126 e. The zero-order valence-corrected chi connectivity index (χ0v) is 18.8. The molecule has 170 valence electrons. The van der Waals surface area contributed by atoms with Crippen LogP contribution >= 0.6 is 0 Å². The number of nitrogens with two attached hydrogens (primary N) is 2. The molecule has 1 aliphatic heterocycles. The number of para-hydroxylation sites is 1. The largest absolute Gasteiger partial charge is 0.493 e. The molecule has 0 amide bonds. The number of hydrogen-bond acceptors (Lipinski definition) is 6. The zero-order valence-electron chi connectivity index (χ0n) is 18.8. The second-order valence-corrected chi connectivity index (χ2v) is 8.56. The molecule has 6 nitrogen and oxygen atoms in total. The van der Waals surface area contributed by atoms with Crippen molar-refractivity contribution in [2.24, 2.45) is 5.92 Å². The normalized spacial score (nSPS) is 16.2. The summed E-state index contributed by atoms with van der Waals surface area (Å²) >= 11 is 0. The van der Waals surface area contributed by atoms with Gasteiger partial charge in [-0.2, -0.15) is 0 Å². The van der Waals surface area contributed by atoms with Gasteiger partial charge in [-0.1, -0.05) is 31.5 Å². The van der Waals surface area contributed by atoms with Crippen molar-refractivity contribution in [2.45, 2.75) is 45.6 Å². The van der Waals surface area contributed by atoms with Gasteiger partial charge in [-0.3, -0.25) is 0 Å². The van der Waals surface area contributed by atoms with E-state index in [2.05, 4.69) is 11.8 Å². The van der Waals surface area contributed by atoms with Crippen LogP contribution in [0.25, 0.3) is 0 Å². The third-order valence-electron chi connectivity index (χ3n) is 6.08. The number of nitrogen functional groups attached to an aromatic ring is 2. The van der Waals surface area contributed by atoms with Crippen molar-refractivity contribution in [1.29, 1.82) is 0 Å². The van der Waals surface area contributed by atoms with Crippen molar-refractivity contribution in [3.63, 3.8) is 0 Å². The Hall–Kier alpha value is -2.44. The van der Waals surface area contributed by atoms with Crippen LogP contribution in [0.4, 0.5) is 11.4 Å². The minimum atomic E-state index is -0.560. The molecule has 31 heavy (non-hydrogen) atoms. The summed E-state index contributed by atoms with van der Waals surface area (Å²) < 4.78 is 11.9. The lowest BCUT2D eigenvalue weighted by Gasteiger charge is -2.33. The maximum Gasteiger partial charge on any atom is 0.126 e. The Morgan fingerprint density at radius 2 is 1.84 bits per heavy atom. The molecule has 1 unspecified atom stereocenters. The van der Waals surface area contributed by atoms with E-state index in [0.29, 0.717) is 29.6 Å². The molecule has 0 bridgehead atoms. The lowest BCUT2D eigenvalue weighted by Crippen LogP contribution is -2.41. The molecule has 5 N–H and O–H groups in total. The lowest BCUT2D eigenvalue weighted by atomic mass is 9.97. The van der Waals surface area contributed by atoms with Gasteiger partial charge in [-0.05, 0) is 62.9 Å². The highest BCUT2D eigenvalue weighted by Crippen LogP contribution is 2.33. The average molecular weight is 428 g/mol. The number of benzene rings is 2. The molecule has 1 fully saturated rings. The van der Waals surface area contributed by atoms with Crippen LogP contribution in [-0.4, -0.2) is 49.0 Å². The number of rotatable bonds is 10. The van der Waals surface area contributed by atoms with E-state index in [1.165, 1.54) is 0 Å². The monoisotopic (exact) mass is 427 g/mol. The van der Waals surface area contributed by atoms with Crippen LogP contribution in [0.15, 0.2) is 36.4 Å². The van der Waals surface area contributed by atoms with Gasteiger partial charge in [0.25, 0.3) is 0 Å². The maximum atomic E-state index is 10.5. The number of likely N-dealkylation sites (tertiary alicyclic amines) is 1. The molecule has 0 radical (unpaired) electrons. The summed E-state index contributed by atoms with van der Waals surface area (Å²) in [5.74, 6) is 2.18. The third kappa shape index (κ3) is 6.52. The van der Waals surface area contributed by atoms with Gasteiger partial charge in [-0.25, -0.2) is 0 Å². The molecule has 1 atom stereocenters. The summed E-state index contributed by atoms with van der Waals surface area (Å²) in [6.07, 6.45) is 3.39. The number of nitrogens with zero attached hydrogens (tertiary/aromatic N) is 1. The minimum Gasteiger partial charge on any atom is -0.493 e. The Morgan fingerprint density at radius 3 is 2.52 bits per heavy atom. The zero-order chi connectivity index (χ0) is 22.2. The molecule has 1 saturated heterocycles. The van der Waals surface area contributed by atoms with Crippen molar-refractivity contribution < 1.29 is 14.6 Å². The highest BCUT2D eigenvalue weighted by atomic mass is 16.5. The molecule has 1 aliphatic rings. The summed E-state index contributed by atoms with van der Waals surface area (Å²) in [6.45, 7) is 7.55. The van der Waals surface area contributed by atoms with Crippen molar-refractivity contribution in [3.05, 3.63) is 47.5 Å². The fraction of sp³-hybridized carbons (Fsp3) is 0.520. The van der Waals surface area contributed by atoms with Crippen LogP contribution in [0.1, 0.15) is 37.3 Å². The maximum absolute atomic E-state index is 10.5. The summed E-state index contributed by atoms with van der Waals surface area (Å²) in [4.78, 5) is 2.30. The Balaban J connectivity index is 1.43. The first-order chi connectivity index (χ1) is 15.0. The van der Waals surface area contributed by atoms with Gasteiger partial charge in [0.05, 0.1) is 6.61 Å². The van der Waals surface area contributed by atoms with Gasteiger partial charge in [0.15, 0.2) is 0 Å². The van der Waals surface area contributed by atoms with E-state index >= 15 is 0 Å². The quantitative estimate of drug-likeness (QED) is 0.501. The second kappa shape index (κ2) is 11.3. The van der Waals surface area contributed by atoms with E-state index in [-0.39, 0.29) is 6.61 Å². The van der Waals surface area contributed by atoms with Crippen LogP contribution < -0.4 is 20.9 Å². The summed E-state index contributed by atoms with van der Waals surface area (Å²) in [5.41, 5.74) is 15.5. The van der Waals surface area contributed by atoms with E-state index in [1.54, 1.807) is 0 Å². The van der Waals surface area contributed by atoms with Crippen LogP contribution in [0.3, 0.4) is 0 Å². The molecular weight excluding hydrogens is 390 g/mol. The van der Waals surface area contributed by atoms with E-state index in [4.69, 9.17) is 20.9 Å². The fourth-order valence-electron chi connectivity index (χ4n) is 4.09. The molecule has 0 aromatic heterocycles. The van der Waals surface area contributed by atoms with Crippen LogP contribution in [0.2, 0.25) is 0 Å². The van der Waals surface area contributed by atoms with Crippen LogP contribution in [-0.2, 0) is 6.42 Å². The van der Waals surface area contributed by atoms with Gasteiger partial charge >= 0.3 is 0 Å². The number of aliphatic hydroxyl groups is 1. The highest BCUT2D eigenvalue weighted by molar-refractivity contribution is 5.69. The van der Waals surface area contributed by atoms with Crippen molar-refractivity contribution in [3.8, 4) is 11.5 Å². The predicted molar refractivity (Wildman–Crippen MR) is 127 cm³/mol. The van der Waals surface area contributed by atoms with Gasteiger partial charge in [0.2, 0.25) is 0 Å². The first-order valence-electron chi connectivity index (χ1n) is 11.4. The van der Waals surface area contributed by atoms with Gasteiger partial charge in [0.1, 0.15) is 24.2 Å². The summed E-state index contributed by atoms with van der Waals surface area (Å²) in [6, 6.07) is 11.8. The SMILES string of the molecule is CCCc1c(OCC(O)CN2CCC(COc3ccccc3)CC2)cc(N)c(C)c1N. The molecule has 2 aromatic carbocycles. The Bertz CT molecular complexity index is 821. The van der Waals surface area contributed by atoms with E-state index in [0.717, 1.165) is 62.3 Å². The molecular formula is C25H37N3O3. The van der Waals surface area contributed by atoms with Gasteiger partial charge in [0, 0.05) is 29.5 Å².